The van der Waals surface area contributed by atoms with Gasteiger partial charge in [0, 0.05) is 5.69 Å². The fraction of sp³-hybridized carbons (Fsp3) is 0.0667. The van der Waals surface area contributed by atoms with Crippen LogP contribution in [-0.4, -0.2) is 7.28 Å². The molecule has 0 fully saturated rings. The van der Waals surface area contributed by atoms with E-state index in [1.54, 1.807) is 0 Å². The highest BCUT2D eigenvalue weighted by Gasteiger charge is 1.92. The molecule has 0 aliphatic heterocycles. The minimum Gasteiger partial charge on any atom is -0.363 e. The number of hydrogen-bond donors (Lipinski definition) is 1. The van der Waals surface area contributed by atoms with E-state index in [-0.39, 0.29) is 0 Å². The number of aryl methyl sites for hydroxylation is 1. The van der Waals surface area contributed by atoms with Crippen LogP contribution in [0.4, 0.5) is 5.69 Å². The lowest BCUT2D eigenvalue weighted by Gasteiger charge is -2.03. The highest BCUT2D eigenvalue weighted by molar-refractivity contribution is 6.58. The number of rotatable bonds is 4. The van der Waals surface area contributed by atoms with Gasteiger partial charge in [0.25, 0.3) is 0 Å². The number of benzene rings is 2. The molecule has 1 N–H and O–H groups in total. The van der Waals surface area contributed by atoms with Crippen LogP contribution in [-0.2, 0) is 0 Å². The van der Waals surface area contributed by atoms with Crippen molar-refractivity contribution in [1.82, 2.24) is 0 Å². The zero-order chi connectivity index (χ0) is 11.9. The van der Waals surface area contributed by atoms with Gasteiger partial charge in [0.15, 0.2) is 7.28 Å². The lowest BCUT2D eigenvalue weighted by molar-refractivity contribution is 1.44. The van der Waals surface area contributed by atoms with E-state index < -0.39 is 0 Å². The van der Waals surface area contributed by atoms with E-state index in [0.717, 1.165) is 13.0 Å². The van der Waals surface area contributed by atoms with Gasteiger partial charge in [0.1, 0.15) is 0 Å². The van der Waals surface area contributed by atoms with Crippen LogP contribution in [0.15, 0.2) is 66.8 Å². The molecular weight excluding hydrogens is 205 g/mol. The Morgan fingerprint density at radius 1 is 0.941 bits per heavy atom. The maximum absolute atomic E-state index is 3.30. The van der Waals surface area contributed by atoms with Crippen molar-refractivity contribution < 1.29 is 0 Å². The van der Waals surface area contributed by atoms with E-state index in [9.17, 15) is 0 Å². The van der Waals surface area contributed by atoms with Crippen molar-refractivity contribution in [1.29, 1.82) is 0 Å². The molecule has 0 aliphatic rings. The van der Waals surface area contributed by atoms with Crippen LogP contribution in [0, 0.1) is 6.92 Å². The molecule has 1 nitrogen and oxygen atoms in total. The average molecular weight is 221 g/mol. The first kappa shape index (κ1) is 11.5. The summed E-state index contributed by atoms with van der Waals surface area (Å²) in [5, 5.41) is 3.30. The Morgan fingerprint density at radius 2 is 1.65 bits per heavy atom. The molecular formula is C15H16BN. The Balaban J connectivity index is 1.89. The zero-order valence-corrected chi connectivity index (χ0v) is 10.1. The zero-order valence-electron chi connectivity index (χ0n) is 10.1. The summed E-state index contributed by atoms with van der Waals surface area (Å²) in [7, 11) is 0.958. The van der Waals surface area contributed by atoms with Crippen LogP contribution >= 0.6 is 0 Å². The molecule has 0 heterocycles. The molecule has 0 radical (unpaired) electrons. The summed E-state index contributed by atoms with van der Waals surface area (Å²) in [5.74, 6) is 2.14. The van der Waals surface area contributed by atoms with Crippen LogP contribution in [0.2, 0.25) is 0 Å². The molecule has 0 spiro atoms. The number of anilines is 1. The van der Waals surface area contributed by atoms with Crippen LogP contribution < -0.4 is 10.8 Å². The van der Waals surface area contributed by atoms with Gasteiger partial charge in [-0.1, -0.05) is 60.0 Å². The molecule has 0 bridgehead atoms. The Labute approximate surface area is 103 Å². The van der Waals surface area contributed by atoms with E-state index in [2.05, 4.69) is 54.6 Å². The topological polar surface area (TPSA) is 12.0 Å². The minimum atomic E-state index is 0.958. The molecule has 17 heavy (non-hydrogen) atoms. The minimum absolute atomic E-state index is 0.958. The second-order valence-corrected chi connectivity index (χ2v) is 4.05. The van der Waals surface area contributed by atoms with E-state index in [1.807, 2.05) is 24.4 Å². The van der Waals surface area contributed by atoms with Gasteiger partial charge in [-0.25, -0.2) is 0 Å². The van der Waals surface area contributed by atoms with Gasteiger partial charge in [0.05, 0.1) is 0 Å². The van der Waals surface area contributed by atoms with E-state index in [4.69, 9.17) is 0 Å². The molecule has 2 rings (SSSR count). The van der Waals surface area contributed by atoms with Gasteiger partial charge >= 0.3 is 0 Å². The van der Waals surface area contributed by atoms with Crippen LogP contribution in [0.3, 0.4) is 0 Å². The third kappa shape index (κ3) is 3.52. The van der Waals surface area contributed by atoms with Crippen LogP contribution in [0.5, 0.6) is 0 Å². The third-order valence-corrected chi connectivity index (χ3v) is 2.70. The average Bonchev–Trinajstić information content (AvgIpc) is 2.38. The van der Waals surface area contributed by atoms with Gasteiger partial charge in [-0.3, -0.25) is 0 Å². The second-order valence-electron chi connectivity index (χ2n) is 4.05. The molecule has 2 aromatic carbocycles. The maximum atomic E-state index is 3.30. The lowest BCUT2D eigenvalue weighted by atomic mass is 9.71. The van der Waals surface area contributed by atoms with Crippen molar-refractivity contribution in [2.45, 2.75) is 6.92 Å². The Morgan fingerprint density at radius 3 is 2.41 bits per heavy atom. The summed E-state index contributed by atoms with van der Waals surface area (Å²) < 4.78 is 0. The van der Waals surface area contributed by atoms with Gasteiger partial charge < -0.3 is 5.32 Å². The maximum Gasteiger partial charge on any atom is 0.184 e. The fourth-order valence-corrected chi connectivity index (χ4v) is 1.69. The molecule has 0 amide bonds. The first-order valence-corrected chi connectivity index (χ1v) is 5.87. The highest BCUT2D eigenvalue weighted by Crippen LogP contribution is 2.12. The first-order valence-electron chi connectivity index (χ1n) is 5.87. The molecule has 0 saturated heterocycles. The van der Waals surface area contributed by atoms with Crippen molar-refractivity contribution in [3.05, 3.63) is 72.3 Å². The second kappa shape index (κ2) is 5.95. The van der Waals surface area contributed by atoms with Crippen molar-refractivity contribution >= 4 is 18.4 Å². The van der Waals surface area contributed by atoms with Crippen molar-refractivity contribution in [2.24, 2.45) is 0 Å². The lowest BCUT2D eigenvalue weighted by Crippen LogP contribution is -2.10. The highest BCUT2D eigenvalue weighted by atomic mass is 14.8. The quantitative estimate of drug-likeness (QED) is 0.782. The van der Waals surface area contributed by atoms with E-state index in [0.29, 0.717) is 0 Å². The SMILES string of the molecule is Cc1ccccc1N/C=C\Bc1ccccc1. The molecule has 0 unspecified atom stereocenters. The predicted molar refractivity (Wildman–Crippen MR) is 77.2 cm³/mol. The standard InChI is InChI=1S/C15H16BN/c1-13-7-5-6-10-15(13)17-12-11-16-14-8-3-2-4-9-14/h2-12,16-17H,1H3/b12-11-. The van der Waals surface area contributed by atoms with Gasteiger partial charge in [-0.2, -0.15) is 0 Å². The summed E-state index contributed by atoms with van der Waals surface area (Å²) in [4.78, 5) is 0. The van der Waals surface area contributed by atoms with Crippen LogP contribution in [0.25, 0.3) is 0 Å². The largest absolute Gasteiger partial charge is 0.363 e. The molecule has 2 heteroatoms. The summed E-state index contributed by atoms with van der Waals surface area (Å²) in [6.07, 6.45) is 2.01. The molecule has 0 aliphatic carbocycles. The third-order valence-electron chi connectivity index (χ3n) is 2.70. The van der Waals surface area contributed by atoms with Gasteiger partial charge in [0.2, 0.25) is 0 Å². The molecule has 0 saturated carbocycles. The van der Waals surface area contributed by atoms with E-state index in [1.165, 1.54) is 11.0 Å². The molecule has 0 aromatic heterocycles. The normalized spacial score (nSPS) is 10.4. The van der Waals surface area contributed by atoms with Crippen molar-refractivity contribution in [2.75, 3.05) is 5.32 Å². The summed E-state index contributed by atoms with van der Waals surface area (Å²) >= 11 is 0. The van der Waals surface area contributed by atoms with Crippen molar-refractivity contribution in [3.63, 3.8) is 0 Å². The monoisotopic (exact) mass is 221 g/mol. The smallest absolute Gasteiger partial charge is 0.184 e. The predicted octanol–water partition coefficient (Wildman–Crippen LogP) is 2.64. The summed E-state index contributed by atoms with van der Waals surface area (Å²) in [6.45, 7) is 2.10. The molecule has 2 aromatic rings. The van der Waals surface area contributed by atoms with Crippen molar-refractivity contribution in [3.8, 4) is 0 Å². The molecule has 0 atom stereocenters. The first-order chi connectivity index (χ1) is 8.36. The fourth-order valence-electron chi connectivity index (χ4n) is 1.69. The van der Waals surface area contributed by atoms with E-state index >= 15 is 0 Å². The van der Waals surface area contributed by atoms with Gasteiger partial charge in [-0.05, 0) is 24.8 Å². The van der Waals surface area contributed by atoms with Crippen LogP contribution in [0.1, 0.15) is 5.56 Å². The number of nitrogens with one attached hydrogen (secondary N) is 1. The Hall–Kier alpha value is -1.96. The molecule has 84 valence electrons. The summed E-state index contributed by atoms with van der Waals surface area (Å²) in [5.41, 5.74) is 3.75. The van der Waals surface area contributed by atoms with Gasteiger partial charge in [-0.15, -0.1) is 0 Å². The number of hydrogen-bond acceptors (Lipinski definition) is 1. The summed E-state index contributed by atoms with van der Waals surface area (Å²) in [6, 6.07) is 18.7. The Kier molecular flexibility index (Phi) is 4.03. The Bertz CT molecular complexity index is 491. The number of para-hydroxylation sites is 1.